The van der Waals surface area contributed by atoms with Crippen LogP contribution in [-0.2, 0) is 4.79 Å². The molecule has 0 spiro atoms. The van der Waals surface area contributed by atoms with E-state index in [1.807, 2.05) is 11.9 Å². The first kappa shape index (κ1) is 16.8. The number of carbonyl (C=O) groups is 1. The van der Waals surface area contributed by atoms with Gasteiger partial charge in [-0.15, -0.1) is 0 Å². The molecule has 0 saturated carbocycles. The summed E-state index contributed by atoms with van der Waals surface area (Å²) >= 11 is 0. The van der Waals surface area contributed by atoms with Crippen LogP contribution in [-0.4, -0.2) is 72.5 Å². The third kappa shape index (κ3) is 4.68. The van der Waals surface area contributed by atoms with Crippen LogP contribution in [0.15, 0.2) is 0 Å². The first-order valence-electron chi connectivity index (χ1n) is 8.67. The van der Waals surface area contributed by atoms with Crippen LogP contribution in [0.2, 0.25) is 0 Å². The van der Waals surface area contributed by atoms with Crippen molar-refractivity contribution in [1.29, 1.82) is 0 Å². The van der Waals surface area contributed by atoms with E-state index in [9.17, 15) is 4.79 Å². The van der Waals surface area contributed by atoms with E-state index < -0.39 is 0 Å². The first-order valence-corrected chi connectivity index (χ1v) is 8.67. The fourth-order valence-corrected chi connectivity index (χ4v) is 3.88. The van der Waals surface area contributed by atoms with E-state index in [2.05, 4.69) is 23.6 Å². The highest BCUT2D eigenvalue weighted by molar-refractivity contribution is 5.73. The van der Waals surface area contributed by atoms with Crippen molar-refractivity contribution < 1.29 is 4.79 Å². The molecule has 0 radical (unpaired) electrons. The number of piperidine rings is 2. The van der Waals surface area contributed by atoms with Crippen LogP contribution in [0.3, 0.4) is 0 Å². The van der Waals surface area contributed by atoms with Crippen LogP contribution < -0.4 is 0 Å². The molecule has 0 atom stereocenters. The molecule has 0 aliphatic carbocycles. The van der Waals surface area contributed by atoms with Crippen molar-refractivity contribution in [3.63, 3.8) is 0 Å². The molecule has 4 nitrogen and oxygen atoms in total. The summed E-state index contributed by atoms with van der Waals surface area (Å²) in [5, 5.41) is 0. The van der Waals surface area contributed by atoms with E-state index in [0.29, 0.717) is 6.04 Å². The zero-order valence-electron chi connectivity index (χ0n) is 14.3. The predicted octanol–water partition coefficient (Wildman–Crippen LogP) is 2.05. The van der Waals surface area contributed by atoms with Gasteiger partial charge in [0.05, 0.1) is 0 Å². The highest BCUT2D eigenvalue weighted by Crippen LogP contribution is 2.23. The molecular weight excluding hydrogens is 262 g/mol. The van der Waals surface area contributed by atoms with Crippen molar-refractivity contribution >= 4 is 5.91 Å². The van der Waals surface area contributed by atoms with Gasteiger partial charge in [0.1, 0.15) is 0 Å². The van der Waals surface area contributed by atoms with Crippen LogP contribution in [0.25, 0.3) is 0 Å². The smallest absolute Gasteiger partial charge is 0.219 e. The number of nitrogens with zero attached hydrogens (tertiary/aromatic N) is 3. The van der Waals surface area contributed by atoms with Crippen molar-refractivity contribution in [2.24, 2.45) is 5.92 Å². The molecule has 4 heteroatoms. The maximum absolute atomic E-state index is 11.5. The van der Waals surface area contributed by atoms with Crippen molar-refractivity contribution in [3.8, 4) is 0 Å². The number of rotatable bonds is 4. The summed E-state index contributed by atoms with van der Waals surface area (Å²) in [5.41, 5.74) is 0. The Kier molecular flexibility index (Phi) is 6.06. The monoisotopic (exact) mass is 295 g/mol. The number of hydrogen-bond acceptors (Lipinski definition) is 3. The van der Waals surface area contributed by atoms with Gasteiger partial charge in [0.25, 0.3) is 0 Å². The van der Waals surface area contributed by atoms with Gasteiger partial charge in [-0.2, -0.15) is 0 Å². The molecule has 21 heavy (non-hydrogen) atoms. The van der Waals surface area contributed by atoms with E-state index in [4.69, 9.17) is 0 Å². The van der Waals surface area contributed by atoms with Crippen LogP contribution in [0.5, 0.6) is 0 Å². The zero-order chi connectivity index (χ0) is 15.4. The lowest BCUT2D eigenvalue weighted by Gasteiger charge is -2.43. The Bertz CT molecular complexity index is 329. The van der Waals surface area contributed by atoms with Crippen LogP contribution in [0.4, 0.5) is 0 Å². The summed E-state index contributed by atoms with van der Waals surface area (Å²) in [6.07, 6.45) is 4.92. The van der Waals surface area contributed by atoms with E-state index >= 15 is 0 Å². The zero-order valence-corrected chi connectivity index (χ0v) is 14.3. The highest BCUT2D eigenvalue weighted by atomic mass is 16.2. The van der Waals surface area contributed by atoms with Crippen LogP contribution in [0, 0.1) is 5.92 Å². The summed E-state index contributed by atoms with van der Waals surface area (Å²) in [7, 11) is 1.95. The van der Waals surface area contributed by atoms with E-state index in [0.717, 1.165) is 37.9 Å². The molecule has 0 aromatic rings. The van der Waals surface area contributed by atoms with E-state index in [1.165, 1.54) is 32.5 Å². The van der Waals surface area contributed by atoms with Gasteiger partial charge in [-0.05, 0) is 44.7 Å². The quantitative estimate of drug-likeness (QED) is 0.794. The molecule has 2 aliphatic rings. The maximum Gasteiger partial charge on any atom is 0.219 e. The molecule has 0 aromatic carbocycles. The van der Waals surface area contributed by atoms with Crippen molar-refractivity contribution in [3.05, 3.63) is 0 Å². The second-order valence-corrected chi connectivity index (χ2v) is 7.32. The Morgan fingerprint density at radius 3 is 2.14 bits per heavy atom. The molecule has 0 unspecified atom stereocenters. The molecule has 2 saturated heterocycles. The Balaban J connectivity index is 1.73. The number of amides is 1. The highest BCUT2D eigenvalue weighted by Gasteiger charge is 2.29. The van der Waals surface area contributed by atoms with Crippen molar-refractivity contribution in [2.75, 3.05) is 39.8 Å². The molecule has 122 valence electrons. The Morgan fingerprint density at radius 2 is 1.67 bits per heavy atom. The minimum absolute atomic E-state index is 0.204. The first-order chi connectivity index (χ1) is 9.97. The Hall–Kier alpha value is -0.610. The minimum Gasteiger partial charge on any atom is -0.343 e. The summed E-state index contributed by atoms with van der Waals surface area (Å²) in [6.45, 7) is 12.4. The molecular formula is C17H33N3O. The van der Waals surface area contributed by atoms with Gasteiger partial charge in [-0.3, -0.25) is 4.79 Å². The Morgan fingerprint density at radius 1 is 1.10 bits per heavy atom. The molecule has 2 rings (SSSR count). The Labute approximate surface area is 130 Å². The predicted molar refractivity (Wildman–Crippen MR) is 87.3 cm³/mol. The van der Waals surface area contributed by atoms with Gasteiger partial charge in [0.15, 0.2) is 0 Å². The number of likely N-dealkylation sites (tertiary alicyclic amines) is 2. The lowest BCUT2D eigenvalue weighted by atomic mass is 9.97. The molecule has 1 amide bonds. The van der Waals surface area contributed by atoms with Crippen LogP contribution in [0.1, 0.15) is 46.5 Å². The van der Waals surface area contributed by atoms with Gasteiger partial charge < -0.3 is 14.7 Å². The van der Waals surface area contributed by atoms with Crippen molar-refractivity contribution in [1.82, 2.24) is 14.7 Å². The number of hydrogen-bond donors (Lipinski definition) is 0. The second kappa shape index (κ2) is 7.59. The topological polar surface area (TPSA) is 26.8 Å². The van der Waals surface area contributed by atoms with Gasteiger partial charge in [0.2, 0.25) is 5.91 Å². The van der Waals surface area contributed by atoms with Gasteiger partial charge in [0, 0.05) is 45.7 Å². The molecule has 2 fully saturated rings. The largest absolute Gasteiger partial charge is 0.343 e. The average molecular weight is 295 g/mol. The van der Waals surface area contributed by atoms with Gasteiger partial charge >= 0.3 is 0 Å². The van der Waals surface area contributed by atoms with E-state index in [-0.39, 0.29) is 5.91 Å². The van der Waals surface area contributed by atoms with Gasteiger partial charge in [-0.1, -0.05) is 13.8 Å². The minimum atomic E-state index is 0.204. The molecule has 2 aliphatic heterocycles. The summed E-state index contributed by atoms with van der Waals surface area (Å²) in [6, 6.07) is 1.23. The molecule has 0 aromatic heterocycles. The summed E-state index contributed by atoms with van der Waals surface area (Å²) in [5.74, 6) is 0.981. The van der Waals surface area contributed by atoms with Crippen LogP contribution >= 0.6 is 0 Å². The molecule has 0 N–H and O–H groups in total. The summed E-state index contributed by atoms with van der Waals surface area (Å²) < 4.78 is 0. The average Bonchev–Trinajstić information content (AvgIpc) is 2.47. The fourth-order valence-electron chi connectivity index (χ4n) is 3.88. The lowest BCUT2D eigenvalue weighted by Crippen LogP contribution is -2.51. The standard InChI is InChI=1S/C17H33N3O/c1-14(2)13-19-9-5-17(6-10-19)20-11-7-16(8-12-20)18(4)15(3)21/h14,16-17H,5-13H2,1-4H3. The van der Waals surface area contributed by atoms with E-state index in [1.54, 1.807) is 6.92 Å². The normalized spacial score (nSPS) is 23.7. The SMILES string of the molecule is CC(=O)N(C)C1CCN(C2CCN(CC(C)C)CC2)CC1. The molecule has 2 heterocycles. The number of carbonyl (C=O) groups excluding carboxylic acids is 1. The molecule has 0 bridgehead atoms. The fraction of sp³-hybridized carbons (Fsp3) is 0.941. The van der Waals surface area contributed by atoms with Gasteiger partial charge in [-0.25, -0.2) is 0 Å². The summed E-state index contributed by atoms with van der Waals surface area (Å²) in [4.78, 5) is 18.7. The third-order valence-corrected chi connectivity index (χ3v) is 5.24. The second-order valence-electron chi connectivity index (χ2n) is 7.32. The maximum atomic E-state index is 11.5. The van der Waals surface area contributed by atoms with Crippen molar-refractivity contribution in [2.45, 2.75) is 58.5 Å². The third-order valence-electron chi connectivity index (χ3n) is 5.24. The lowest BCUT2D eigenvalue weighted by molar-refractivity contribution is -0.130.